The Morgan fingerprint density at radius 2 is 1.70 bits per heavy atom. The van der Waals surface area contributed by atoms with Crippen molar-refractivity contribution in [3.05, 3.63) is 70.8 Å². The molecule has 27 heavy (non-hydrogen) atoms. The first-order valence-electron chi connectivity index (χ1n) is 8.25. The lowest BCUT2D eigenvalue weighted by atomic mass is 10.1. The average Bonchev–Trinajstić information content (AvgIpc) is 2.60. The van der Waals surface area contributed by atoms with Crippen molar-refractivity contribution in [1.29, 1.82) is 0 Å². The highest BCUT2D eigenvalue weighted by Crippen LogP contribution is 2.16. The topological polar surface area (TPSA) is 58.2 Å². The van der Waals surface area contributed by atoms with Gasteiger partial charge in [0.05, 0.1) is 11.6 Å². The monoisotopic (exact) mass is 382 g/mol. The summed E-state index contributed by atoms with van der Waals surface area (Å²) in [5.41, 5.74) is 0.134. The molecule has 0 heterocycles. The van der Waals surface area contributed by atoms with Gasteiger partial charge in [-0.1, -0.05) is 6.07 Å². The zero-order valence-corrected chi connectivity index (χ0v) is 14.5. The van der Waals surface area contributed by atoms with Gasteiger partial charge in [0.2, 0.25) is 5.91 Å². The van der Waals surface area contributed by atoms with E-state index in [1.165, 1.54) is 6.07 Å². The normalized spacial score (nSPS) is 11.7. The summed E-state index contributed by atoms with van der Waals surface area (Å²) in [5, 5.41) is 5.08. The number of carbonyl (C=O) groups is 2. The Morgan fingerprint density at radius 3 is 2.37 bits per heavy atom. The number of rotatable bonds is 7. The van der Waals surface area contributed by atoms with E-state index in [9.17, 15) is 27.2 Å². The van der Waals surface area contributed by atoms with E-state index in [4.69, 9.17) is 0 Å². The van der Waals surface area contributed by atoms with Crippen LogP contribution in [0.2, 0.25) is 0 Å². The molecular weight excluding hydrogens is 364 g/mol. The van der Waals surface area contributed by atoms with Crippen molar-refractivity contribution in [2.75, 3.05) is 6.54 Å². The van der Waals surface area contributed by atoms with Crippen molar-refractivity contribution in [3.8, 4) is 0 Å². The zero-order valence-electron chi connectivity index (χ0n) is 14.5. The van der Waals surface area contributed by atoms with Gasteiger partial charge in [0.15, 0.2) is 11.6 Å². The van der Waals surface area contributed by atoms with Crippen LogP contribution < -0.4 is 10.6 Å². The van der Waals surface area contributed by atoms with Crippen LogP contribution in [0.3, 0.4) is 0 Å². The fourth-order valence-corrected chi connectivity index (χ4v) is 2.40. The van der Waals surface area contributed by atoms with Gasteiger partial charge in [-0.15, -0.1) is 0 Å². The number of nitrogens with one attached hydrogen (secondary N) is 2. The van der Waals surface area contributed by atoms with Crippen molar-refractivity contribution in [2.45, 2.75) is 25.8 Å². The lowest BCUT2D eigenvalue weighted by Crippen LogP contribution is -2.29. The highest BCUT2D eigenvalue weighted by molar-refractivity contribution is 5.94. The van der Waals surface area contributed by atoms with Gasteiger partial charge in [0, 0.05) is 19.0 Å². The molecule has 0 bridgehead atoms. The number of hydrogen-bond donors (Lipinski definition) is 2. The minimum Gasteiger partial charge on any atom is -0.352 e. The lowest BCUT2D eigenvalue weighted by Gasteiger charge is -2.14. The smallest absolute Gasteiger partial charge is 0.254 e. The number of carbonyl (C=O) groups excluding carboxylic acids is 2. The molecule has 1 atom stereocenters. The van der Waals surface area contributed by atoms with E-state index >= 15 is 0 Å². The first-order valence-corrected chi connectivity index (χ1v) is 8.25. The molecule has 0 aliphatic heterocycles. The average molecular weight is 382 g/mol. The van der Waals surface area contributed by atoms with E-state index in [1.807, 2.05) is 0 Å². The molecule has 2 rings (SSSR count). The van der Waals surface area contributed by atoms with E-state index in [0.29, 0.717) is 11.6 Å². The molecule has 8 heteroatoms. The fourth-order valence-electron chi connectivity index (χ4n) is 2.40. The maximum absolute atomic E-state index is 13.5. The summed E-state index contributed by atoms with van der Waals surface area (Å²) in [6.07, 6.45) is 0.352. The molecule has 2 aromatic rings. The van der Waals surface area contributed by atoms with E-state index < -0.39 is 35.2 Å². The van der Waals surface area contributed by atoms with Crippen molar-refractivity contribution in [2.24, 2.45) is 0 Å². The Morgan fingerprint density at radius 1 is 0.963 bits per heavy atom. The van der Waals surface area contributed by atoms with Gasteiger partial charge in [-0.2, -0.15) is 0 Å². The van der Waals surface area contributed by atoms with Gasteiger partial charge in [-0.3, -0.25) is 9.59 Å². The molecule has 0 fully saturated rings. The highest BCUT2D eigenvalue weighted by atomic mass is 19.2. The van der Waals surface area contributed by atoms with Crippen molar-refractivity contribution in [3.63, 3.8) is 0 Å². The maximum Gasteiger partial charge on any atom is 0.254 e. The Hall–Kier alpha value is -2.90. The maximum atomic E-state index is 13.5. The first-order chi connectivity index (χ1) is 12.8. The second-order valence-electron chi connectivity index (χ2n) is 5.95. The van der Waals surface area contributed by atoms with Crippen molar-refractivity contribution < 1.29 is 27.2 Å². The molecule has 0 spiro atoms. The third-order valence-corrected chi connectivity index (χ3v) is 3.86. The minimum atomic E-state index is -0.996. The van der Waals surface area contributed by atoms with Gasteiger partial charge < -0.3 is 10.6 Å². The molecule has 4 nitrogen and oxygen atoms in total. The molecule has 144 valence electrons. The molecule has 2 N–H and O–H groups in total. The van der Waals surface area contributed by atoms with Crippen LogP contribution in [0.4, 0.5) is 17.6 Å². The molecule has 0 aliphatic rings. The fraction of sp³-hybridized carbons (Fsp3) is 0.263. The first kappa shape index (κ1) is 20.4. The van der Waals surface area contributed by atoms with E-state index in [-0.39, 0.29) is 30.9 Å². The van der Waals surface area contributed by atoms with Crippen LogP contribution in [0.1, 0.15) is 41.7 Å². The van der Waals surface area contributed by atoms with E-state index in [2.05, 4.69) is 10.6 Å². The molecule has 0 aliphatic carbocycles. The van der Waals surface area contributed by atoms with Crippen molar-refractivity contribution in [1.82, 2.24) is 10.6 Å². The molecule has 0 saturated heterocycles. The van der Waals surface area contributed by atoms with E-state index in [1.54, 1.807) is 6.92 Å². The summed E-state index contributed by atoms with van der Waals surface area (Å²) in [6.45, 7) is 1.74. The molecule has 0 unspecified atom stereocenters. The summed E-state index contributed by atoms with van der Waals surface area (Å²) in [7, 11) is 0. The van der Waals surface area contributed by atoms with Gasteiger partial charge in [-0.25, -0.2) is 17.6 Å². The predicted molar refractivity (Wildman–Crippen MR) is 90.8 cm³/mol. The van der Waals surface area contributed by atoms with Crippen LogP contribution in [0.5, 0.6) is 0 Å². The predicted octanol–water partition coefficient (Wildman–Crippen LogP) is 3.63. The van der Waals surface area contributed by atoms with E-state index in [0.717, 1.165) is 24.3 Å². The van der Waals surface area contributed by atoms with Crippen molar-refractivity contribution >= 4 is 11.8 Å². The number of halogens is 4. The second kappa shape index (κ2) is 9.16. The molecule has 0 aromatic heterocycles. The van der Waals surface area contributed by atoms with Crippen LogP contribution in [0, 0.1) is 23.3 Å². The Bertz CT molecular complexity index is 842. The number of amides is 2. The molecule has 0 radical (unpaired) electrons. The molecule has 2 aromatic carbocycles. The third-order valence-electron chi connectivity index (χ3n) is 3.86. The van der Waals surface area contributed by atoms with Gasteiger partial charge in [0.1, 0.15) is 11.6 Å². The highest BCUT2D eigenvalue weighted by Gasteiger charge is 2.14. The van der Waals surface area contributed by atoms with Crippen LogP contribution in [0.15, 0.2) is 36.4 Å². The number of hydrogen-bond acceptors (Lipinski definition) is 2. The largest absolute Gasteiger partial charge is 0.352 e. The summed E-state index contributed by atoms with van der Waals surface area (Å²) >= 11 is 0. The van der Waals surface area contributed by atoms with Gasteiger partial charge >= 0.3 is 0 Å². The van der Waals surface area contributed by atoms with Crippen LogP contribution in [-0.4, -0.2) is 18.4 Å². The Labute approximate surface area is 153 Å². The lowest BCUT2D eigenvalue weighted by molar-refractivity contribution is -0.121. The van der Waals surface area contributed by atoms with Gasteiger partial charge in [0.25, 0.3) is 5.91 Å². The summed E-state index contributed by atoms with van der Waals surface area (Å²) in [4.78, 5) is 23.7. The van der Waals surface area contributed by atoms with Crippen LogP contribution >= 0.6 is 0 Å². The minimum absolute atomic E-state index is 0.0696. The standard InChI is InChI=1S/C19H18F4N2O2/c1-11(12-4-7-15(21)17(23)9-12)25-18(26)3-2-8-24-19(27)14-6-5-13(20)10-16(14)22/h4-7,9-11H,2-3,8H2,1H3,(H,24,27)(H,25,26)/t11-/m1/s1. The summed E-state index contributed by atoms with van der Waals surface area (Å²) in [5.74, 6) is -4.76. The third kappa shape index (κ3) is 5.80. The Kier molecular flexibility index (Phi) is 6.92. The quantitative estimate of drug-likeness (QED) is 0.568. The number of benzene rings is 2. The summed E-state index contributed by atoms with van der Waals surface area (Å²) in [6, 6.07) is 5.48. The zero-order chi connectivity index (χ0) is 20.0. The van der Waals surface area contributed by atoms with Crippen LogP contribution in [-0.2, 0) is 4.79 Å². The molecule has 2 amide bonds. The SMILES string of the molecule is C[C@@H](NC(=O)CCCNC(=O)c1ccc(F)cc1F)c1ccc(F)c(F)c1. The summed E-state index contributed by atoms with van der Waals surface area (Å²) < 4.78 is 52.4. The van der Waals surface area contributed by atoms with Gasteiger partial charge in [-0.05, 0) is 43.2 Å². The molecule has 0 saturated carbocycles. The van der Waals surface area contributed by atoms with Crippen LogP contribution in [0.25, 0.3) is 0 Å². The second-order valence-corrected chi connectivity index (χ2v) is 5.95. The Balaban J connectivity index is 1.75. The molecular formula is C19H18F4N2O2.